The predicted molar refractivity (Wildman–Crippen MR) is 211 cm³/mol. The van der Waals surface area contributed by atoms with Gasteiger partial charge in [-0.3, -0.25) is 0 Å². The number of aliphatic hydroxyl groups excluding tert-OH is 1. The van der Waals surface area contributed by atoms with Crippen molar-refractivity contribution in [2.24, 2.45) is 17.8 Å². The van der Waals surface area contributed by atoms with Gasteiger partial charge in [0.2, 0.25) is 0 Å². The van der Waals surface area contributed by atoms with Gasteiger partial charge in [0.1, 0.15) is 0 Å². The van der Waals surface area contributed by atoms with Gasteiger partial charge in [-0.1, -0.05) is 143 Å². The van der Waals surface area contributed by atoms with E-state index in [2.05, 4.69) is 99.6 Å². The van der Waals surface area contributed by atoms with Crippen molar-refractivity contribution in [1.29, 1.82) is 0 Å². The maximum Gasteiger partial charge on any atom is 0.0614 e. The topological polar surface area (TPSA) is 20.2 Å². The van der Waals surface area contributed by atoms with Gasteiger partial charge >= 0.3 is 0 Å². The molecular formula is C45H80O. The lowest BCUT2D eigenvalue weighted by atomic mass is 9.91. The smallest absolute Gasteiger partial charge is 0.0614 e. The Morgan fingerprint density at radius 1 is 0.391 bits per heavy atom. The standard InChI is InChI=1S/C45H80O/c1-37(2)19-11-20-38(3)21-12-22-39(4)23-13-24-40(5)25-14-26-41(6)27-15-28-42(7)29-16-30-43(8)31-17-32-44(9)33-18-34-45(10)35-36-46/h25,27,29,31,33,35,37-39,46H,11-24,26,28,30,32,34,36H2,1-10H3. The second-order valence-corrected chi connectivity index (χ2v) is 15.5. The molecule has 0 rings (SSSR count). The molecular weight excluding hydrogens is 556 g/mol. The molecule has 0 aromatic heterocycles. The quantitative estimate of drug-likeness (QED) is 0.0847. The highest BCUT2D eigenvalue weighted by Crippen LogP contribution is 2.22. The van der Waals surface area contributed by atoms with Gasteiger partial charge in [0.25, 0.3) is 0 Å². The van der Waals surface area contributed by atoms with E-state index in [9.17, 15) is 0 Å². The molecule has 1 N–H and O–H groups in total. The van der Waals surface area contributed by atoms with Crippen molar-refractivity contribution in [2.75, 3.05) is 6.61 Å². The summed E-state index contributed by atoms with van der Waals surface area (Å²) >= 11 is 0. The van der Waals surface area contributed by atoms with Crippen molar-refractivity contribution in [1.82, 2.24) is 0 Å². The van der Waals surface area contributed by atoms with Crippen molar-refractivity contribution in [3.05, 3.63) is 69.9 Å². The number of allylic oxidation sites excluding steroid dienone is 11. The lowest BCUT2D eigenvalue weighted by Crippen LogP contribution is -2.00. The molecule has 0 saturated carbocycles. The molecule has 0 aliphatic heterocycles. The molecule has 2 unspecified atom stereocenters. The molecule has 0 radical (unpaired) electrons. The largest absolute Gasteiger partial charge is 0.392 e. The van der Waals surface area contributed by atoms with Gasteiger partial charge in [0, 0.05) is 0 Å². The summed E-state index contributed by atoms with van der Waals surface area (Å²) in [5, 5.41) is 8.97. The summed E-state index contributed by atoms with van der Waals surface area (Å²) in [4.78, 5) is 0. The molecule has 46 heavy (non-hydrogen) atoms. The lowest BCUT2D eigenvalue weighted by molar-refractivity contribution is 0.341. The molecule has 1 nitrogen and oxygen atoms in total. The highest BCUT2D eigenvalue weighted by molar-refractivity contribution is 5.09. The van der Waals surface area contributed by atoms with Crippen LogP contribution in [0.2, 0.25) is 0 Å². The summed E-state index contributed by atoms with van der Waals surface area (Å²) in [6, 6.07) is 0. The van der Waals surface area contributed by atoms with Gasteiger partial charge in [0.15, 0.2) is 0 Å². The molecule has 0 saturated heterocycles. The van der Waals surface area contributed by atoms with Crippen LogP contribution in [0.15, 0.2) is 69.9 Å². The van der Waals surface area contributed by atoms with Gasteiger partial charge in [0.05, 0.1) is 6.61 Å². The van der Waals surface area contributed by atoms with Gasteiger partial charge in [-0.05, 0) is 136 Å². The molecule has 0 aliphatic rings. The maximum absolute atomic E-state index is 8.97. The fourth-order valence-electron chi connectivity index (χ4n) is 6.21. The van der Waals surface area contributed by atoms with Gasteiger partial charge < -0.3 is 5.11 Å². The first-order valence-corrected chi connectivity index (χ1v) is 19.5. The Kier molecular flexibility index (Phi) is 28.5. The van der Waals surface area contributed by atoms with Crippen LogP contribution in [0.4, 0.5) is 0 Å². The van der Waals surface area contributed by atoms with Crippen molar-refractivity contribution in [3.63, 3.8) is 0 Å². The third kappa shape index (κ3) is 29.8. The first kappa shape index (κ1) is 44.4. The van der Waals surface area contributed by atoms with E-state index in [1.165, 1.54) is 112 Å². The maximum atomic E-state index is 8.97. The van der Waals surface area contributed by atoms with Crippen molar-refractivity contribution in [2.45, 2.75) is 191 Å². The summed E-state index contributed by atoms with van der Waals surface area (Å²) in [7, 11) is 0. The van der Waals surface area contributed by atoms with E-state index in [4.69, 9.17) is 5.11 Å². The van der Waals surface area contributed by atoms with Crippen LogP contribution < -0.4 is 0 Å². The van der Waals surface area contributed by atoms with E-state index in [-0.39, 0.29) is 6.61 Å². The Hall–Kier alpha value is -1.60. The monoisotopic (exact) mass is 637 g/mol. The zero-order valence-electron chi connectivity index (χ0n) is 32.8. The van der Waals surface area contributed by atoms with E-state index in [0.717, 1.165) is 49.9 Å². The molecule has 2 atom stereocenters. The Morgan fingerprint density at radius 3 is 1.00 bits per heavy atom. The first-order valence-electron chi connectivity index (χ1n) is 19.5. The van der Waals surface area contributed by atoms with E-state index in [0.29, 0.717) is 0 Å². The van der Waals surface area contributed by atoms with Crippen molar-refractivity contribution in [3.8, 4) is 0 Å². The molecule has 0 heterocycles. The van der Waals surface area contributed by atoms with Gasteiger partial charge in [-0.15, -0.1) is 0 Å². The van der Waals surface area contributed by atoms with Crippen LogP contribution in [0, 0.1) is 17.8 Å². The molecule has 0 fully saturated rings. The van der Waals surface area contributed by atoms with Crippen LogP contribution in [-0.2, 0) is 0 Å². The van der Waals surface area contributed by atoms with Crippen LogP contribution in [0.3, 0.4) is 0 Å². The van der Waals surface area contributed by atoms with Crippen LogP contribution in [0.25, 0.3) is 0 Å². The van der Waals surface area contributed by atoms with Crippen molar-refractivity contribution >= 4 is 0 Å². The average Bonchev–Trinajstić information content (AvgIpc) is 2.97. The SMILES string of the molecule is CC(=CCO)CCC=C(C)CCC=C(C)CCC=C(C)CCC=C(C)CCC=C(C)CCCC(C)CCCC(C)CCCC(C)C. The molecule has 0 aromatic carbocycles. The highest BCUT2D eigenvalue weighted by atomic mass is 16.2. The fourth-order valence-corrected chi connectivity index (χ4v) is 6.21. The molecule has 266 valence electrons. The average molecular weight is 637 g/mol. The Morgan fingerprint density at radius 2 is 0.674 bits per heavy atom. The van der Waals surface area contributed by atoms with Crippen molar-refractivity contribution < 1.29 is 5.11 Å². The Balaban J connectivity index is 4.07. The van der Waals surface area contributed by atoms with Gasteiger partial charge in [-0.25, -0.2) is 0 Å². The summed E-state index contributed by atoms with van der Waals surface area (Å²) in [6.45, 7) is 23.4. The third-order valence-electron chi connectivity index (χ3n) is 9.74. The summed E-state index contributed by atoms with van der Waals surface area (Å²) in [5.41, 5.74) is 8.93. The number of rotatable bonds is 28. The number of aliphatic hydroxyl groups is 1. The minimum Gasteiger partial charge on any atom is -0.392 e. The molecule has 1 heteroatoms. The summed E-state index contributed by atoms with van der Waals surface area (Å²) < 4.78 is 0. The minimum atomic E-state index is 0.153. The van der Waals surface area contributed by atoms with E-state index >= 15 is 0 Å². The minimum absolute atomic E-state index is 0.153. The van der Waals surface area contributed by atoms with E-state index < -0.39 is 0 Å². The number of hydrogen-bond donors (Lipinski definition) is 1. The molecule has 0 spiro atoms. The molecule has 0 amide bonds. The molecule has 0 bridgehead atoms. The first-order chi connectivity index (χ1) is 21.9. The van der Waals surface area contributed by atoms with Gasteiger partial charge in [-0.2, -0.15) is 0 Å². The second kappa shape index (κ2) is 29.5. The zero-order chi connectivity index (χ0) is 34.6. The van der Waals surface area contributed by atoms with Crippen LogP contribution >= 0.6 is 0 Å². The van der Waals surface area contributed by atoms with Crippen LogP contribution in [-0.4, -0.2) is 11.7 Å². The predicted octanol–water partition coefficient (Wildman–Crippen LogP) is 15.0. The fraction of sp³-hybridized carbons (Fsp3) is 0.733. The third-order valence-corrected chi connectivity index (χ3v) is 9.74. The lowest BCUT2D eigenvalue weighted by Gasteiger charge is -2.15. The van der Waals surface area contributed by atoms with Crippen LogP contribution in [0.1, 0.15) is 191 Å². The van der Waals surface area contributed by atoms with Crippen LogP contribution in [0.5, 0.6) is 0 Å². The normalized spacial score (nSPS) is 15.7. The zero-order valence-corrected chi connectivity index (χ0v) is 32.8. The molecule has 0 aromatic rings. The molecule has 0 aliphatic carbocycles. The van der Waals surface area contributed by atoms with E-state index in [1.807, 2.05) is 6.08 Å². The Labute approximate surface area is 289 Å². The highest BCUT2D eigenvalue weighted by Gasteiger charge is 2.07. The number of hydrogen-bond acceptors (Lipinski definition) is 1. The van der Waals surface area contributed by atoms with E-state index in [1.54, 1.807) is 11.1 Å². The summed E-state index contributed by atoms with van der Waals surface area (Å²) in [5.74, 6) is 2.65. The Bertz CT molecular complexity index is 934. The second-order valence-electron chi connectivity index (χ2n) is 15.5. The summed E-state index contributed by atoms with van der Waals surface area (Å²) in [6.07, 6.45) is 38.1.